The van der Waals surface area contributed by atoms with Crippen LogP contribution in [0.5, 0.6) is 0 Å². The average molecular weight is 241 g/mol. The molecule has 1 N–H and O–H groups in total. The van der Waals surface area contributed by atoms with Crippen LogP contribution < -0.4 is 5.32 Å². The molecule has 18 heavy (non-hydrogen) atoms. The summed E-state index contributed by atoms with van der Waals surface area (Å²) < 4.78 is 6.64. The third kappa shape index (κ3) is 2.08. The Kier molecular flexibility index (Phi) is 2.75. The zero-order valence-electron chi connectivity index (χ0n) is 9.52. The van der Waals surface area contributed by atoms with Gasteiger partial charge in [0.1, 0.15) is 12.7 Å². The highest BCUT2D eigenvalue weighted by atomic mass is 16.3. The average Bonchev–Trinajstić information content (AvgIpc) is 3.10. The van der Waals surface area contributed by atoms with E-state index in [1.54, 1.807) is 29.7 Å². The van der Waals surface area contributed by atoms with Gasteiger partial charge in [-0.2, -0.15) is 5.10 Å². The molecular formula is C12H11N5O. The molecule has 0 aliphatic heterocycles. The summed E-state index contributed by atoms with van der Waals surface area (Å²) in [5.41, 5.74) is 1.97. The second-order valence-electron chi connectivity index (χ2n) is 3.70. The van der Waals surface area contributed by atoms with Gasteiger partial charge in [-0.25, -0.2) is 14.6 Å². The van der Waals surface area contributed by atoms with Gasteiger partial charge >= 0.3 is 0 Å². The standard InChI is InChI=1S/C12H11N5O/c1-2-11(15-6-10-3-5-18-7-10)12(14-4-1)17-9-13-8-16-17/h1-5,7-9,15H,6H2. The van der Waals surface area contributed by atoms with E-state index in [0.717, 1.165) is 17.1 Å². The van der Waals surface area contributed by atoms with E-state index in [1.807, 2.05) is 18.2 Å². The summed E-state index contributed by atoms with van der Waals surface area (Å²) in [6.07, 6.45) is 8.18. The second kappa shape index (κ2) is 4.70. The van der Waals surface area contributed by atoms with Crippen molar-refractivity contribution in [1.82, 2.24) is 19.7 Å². The Labute approximate surface area is 103 Å². The van der Waals surface area contributed by atoms with Crippen LogP contribution in [-0.4, -0.2) is 19.7 Å². The highest BCUT2D eigenvalue weighted by Gasteiger charge is 2.06. The first-order valence-corrected chi connectivity index (χ1v) is 5.48. The molecule has 0 saturated heterocycles. The smallest absolute Gasteiger partial charge is 0.178 e. The summed E-state index contributed by atoms with van der Waals surface area (Å²) >= 11 is 0. The molecule has 0 atom stereocenters. The van der Waals surface area contributed by atoms with Gasteiger partial charge in [0.25, 0.3) is 0 Å². The minimum absolute atomic E-state index is 0.671. The Morgan fingerprint density at radius 3 is 3.11 bits per heavy atom. The number of anilines is 1. The largest absolute Gasteiger partial charge is 0.472 e. The first-order valence-electron chi connectivity index (χ1n) is 5.48. The van der Waals surface area contributed by atoms with Crippen molar-refractivity contribution in [2.75, 3.05) is 5.32 Å². The third-order valence-corrected chi connectivity index (χ3v) is 2.49. The maximum atomic E-state index is 5.02. The Morgan fingerprint density at radius 2 is 2.33 bits per heavy atom. The normalized spacial score (nSPS) is 10.4. The fraction of sp³-hybridized carbons (Fsp3) is 0.0833. The monoisotopic (exact) mass is 241 g/mol. The van der Waals surface area contributed by atoms with Crippen molar-refractivity contribution in [3.63, 3.8) is 0 Å². The lowest BCUT2D eigenvalue weighted by Crippen LogP contribution is -2.06. The van der Waals surface area contributed by atoms with Crippen molar-refractivity contribution in [3.8, 4) is 5.82 Å². The van der Waals surface area contributed by atoms with E-state index < -0.39 is 0 Å². The van der Waals surface area contributed by atoms with Gasteiger partial charge in [0, 0.05) is 18.3 Å². The zero-order valence-corrected chi connectivity index (χ0v) is 9.52. The van der Waals surface area contributed by atoms with E-state index in [1.165, 1.54) is 6.33 Å². The highest BCUT2D eigenvalue weighted by Crippen LogP contribution is 2.16. The maximum Gasteiger partial charge on any atom is 0.178 e. The lowest BCUT2D eigenvalue weighted by molar-refractivity contribution is 0.564. The molecule has 0 fully saturated rings. The minimum atomic E-state index is 0.671. The molecule has 0 bridgehead atoms. The number of pyridine rings is 1. The van der Waals surface area contributed by atoms with E-state index in [2.05, 4.69) is 20.4 Å². The topological polar surface area (TPSA) is 68.8 Å². The molecule has 90 valence electrons. The van der Waals surface area contributed by atoms with Crippen LogP contribution in [0.1, 0.15) is 5.56 Å². The molecule has 0 aromatic carbocycles. The van der Waals surface area contributed by atoms with E-state index in [-0.39, 0.29) is 0 Å². The van der Waals surface area contributed by atoms with Crippen LogP contribution in [0.2, 0.25) is 0 Å². The number of furan rings is 1. The van der Waals surface area contributed by atoms with Crippen LogP contribution in [-0.2, 0) is 6.54 Å². The Morgan fingerprint density at radius 1 is 1.33 bits per heavy atom. The second-order valence-corrected chi connectivity index (χ2v) is 3.70. The van der Waals surface area contributed by atoms with Crippen molar-refractivity contribution in [2.24, 2.45) is 0 Å². The van der Waals surface area contributed by atoms with Crippen LogP contribution in [0.4, 0.5) is 5.69 Å². The molecule has 3 aromatic rings. The van der Waals surface area contributed by atoms with Gasteiger partial charge in [0.2, 0.25) is 0 Å². The van der Waals surface area contributed by atoms with Crippen molar-refractivity contribution < 1.29 is 4.42 Å². The molecule has 0 unspecified atom stereocenters. The number of hydrogen-bond donors (Lipinski definition) is 1. The van der Waals surface area contributed by atoms with Gasteiger partial charge in [-0.05, 0) is 18.2 Å². The molecular weight excluding hydrogens is 230 g/mol. The van der Waals surface area contributed by atoms with Gasteiger partial charge in [-0.15, -0.1) is 0 Å². The summed E-state index contributed by atoms with van der Waals surface area (Å²) in [7, 11) is 0. The Bertz CT molecular complexity index is 603. The van der Waals surface area contributed by atoms with Crippen LogP contribution in [0.3, 0.4) is 0 Å². The number of rotatable bonds is 4. The van der Waals surface area contributed by atoms with Crippen molar-refractivity contribution >= 4 is 5.69 Å². The molecule has 0 amide bonds. The molecule has 0 spiro atoms. The van der Waals surface area contributed by atoms with E-state index in [9.17, 15) is 0 Å². The summed E-state index contributed by atoms with van der Waals surface area (Å²) in [6, 6.07) is 5.74. The fourth-order valence-corrected chi connectivity index (χ4v) is 1.63. The first-order chi connectivity index (χ1) is 8.93. The third-order valence-electron chi connectivity index (χ3n) is 2.49. The predicted octanol–water partition coefficient (Wildman–Crippen LogP) is 1.87. The highest BCUT2D eigenvalue weighted by molar-refractivity contribution is 5.56. The molecule has 0 aliphatic carbocycles. The molecule has 0 aliphatic rings. The quantitative estimate of drug-likeness (QED) is 0.755. The van der Waals surface area contributed by atoms with Gasteiger partial charge in [0.05, 0.1) is 18.2 Å². The first kappa shape index (κ1) is 10.5. The molecule has 6 nitrogen and oxygen atoms in total. The number of aromatic nitrogens is 4. The van der Waals surface area contributed by atoms with E-state index >= 15 is 0 Å². The molecule has 3 aromatic heterocycles. The SMILES string of the molecule is c1cnc(-n2cncn2)c(NCc2ccoc2)c1. The molecule has 0 radical (unpaired) electrons. The lowest BCUT2D eigenvalue weighted by atomic mass is 10.3. The maximum absolute atomic E-state index is 5.02. The number of nitrogens with one attached hydrogen (secondary N) is 1. The van der Waals surface area contributed by atoms with Crippen LogP contribution in [0, 0.1) is 0 Å². The van der Waals surface area contributed by atoms with Crippen molar-refractivity contribution in [3.05, 3.63) is 55.1 Å². The summed E-state index contributed by atoms with van der Waals surface area (Å²) in [4.78, 5) is 8.21. The molecule has 3 heterocycles. The van der Waals surface area contributed by atoms with Crippen LogP contribution in [0.15, 0.2) is 54.0 Å². The lowest BCUT2D eigenvalue weighted by Gasteiger charge is -2.09. The molecule has 6 heteroatoms. The van der Waals surface area contributed by atoms with Crippen molar-refractivity contribution in [1.29, 1.82) is 0 Å². The van der Waals surface area contributed by atoms with Gasteiger partial charge in [-0.1, -0.05) is 0 Å². The van der Waals surface area contributed by atoms with Crippen LogP contribution >= 0.6 is 0 Å². The fourth-order valence-electron chi connectivity index (χ4n) is 1.63. The van der Waals surface area contributed by atoms with Gasteiger partial charge < -0.3 is 9.73 Å². The van der Waals surface area contributed by atoms with E-state index in [0.29, 0.717) is 6.54 Å². The Hall–Kier alpha value is -2.63. The van der Waals surface area contributed by atoms with Gasteiger partial charge in [0.15, 0.2) is 5.82 Å². The van der Waals surface area contributed by atoms with Crippen molar-refractivity contribution in [2.45, 2.75) is 6.54 Å². The molecule has 3 rings (SSSR count). The summed E-state index contributed by atoms with van der Waals surface area (Å²) in [5, 5.41) is 7.37. The number of nitrogens with zero attached hydrogens (tertiary/aromatic N) is 4. The van der Waals surface area contributed by atoms with E-state index in [4.69, 9.17) is 4.42 Å². The summed E-state index contributed by atoms with van der Waals surface area (Å²) in [6.45, 7) is 0.671. The molecule has 0 saturated carbocycles. The predicted molar refractivity (Wildman–Crippen MR) is 65.2 cm³/mol. The van der Waals surface area contributed by atoms with Crippen LogP contribution in [0.25, 0.3) is 5.82 Å². The summed E-state index contributed by atoms with van der Waals surface area (Å²) in [5.74, 6) is 0.721. The minimum Gasteiger partial charge on any atom is -0.472 e. The zero-order chi connectivity index (χ0) is 12.2. The Balaban J connectivity index is 1.84. The van der Waals surface area contributed by atoms with Gasteiger partial charge in [-0.3, -0.25) is 0 Å². The number of hydrogen-bond acceptors (Lipinski definition) is 5.